The van der Waals surface area contributed by atoms with Crippen LogP contribution in [0.5, 0.6) is 11.5 Å². The second kappa shape index (κ2) is 9.11. The normalized spacial score (nSPS) is 18.0. The Morgan fingerprint density at radius 2 is 1.63 bits per heavy atom. The lowest BCUT2D eigenvalue weighted by atomic mass is 9.87. The maximum Gasteiger partial charge on any atom is 0.161 e. The highest BCUT2D eigenvalue weighted by molar-refractivity contribution is 6.30. The lowest BCUT2D eigenvalue weighted by Gasteiger charge is -2.35. The molecule has 0 saturated carbocycles. The Kier molecular flexibility index (Phi) is 6.31. The van der Waals surface area contributed by atoms with E-state index in [0.29, 0.717) is 0 Å². The van der Waals surface area contributed by atoms with Crippen molar-refractivity contribution in [1.29, 1.82) is 0 Å². The first-order chi connectivity index (χ1) is 14.6. The van der Waals surface area contributed by atoms with E-state index in [4.69, 9.17) is 21.1 Å². The third-order valence-electron chi connectivity index (χ3n) is 6.12. The van der Waals surface area contributed by atoms with Gasteiger partial charge in [-0.2, -0.15) is 0 Å². The molecule has 1 N–H and O–H groups in total. The number of halogens is 1. The van der Waals surface area contributed by atoms with Crippen LogP contribution < -0.4 is 14.4 Å². The molecule has 1 heterocycles. The number of methoxy groups -OCH3 is 2. The van der Waals surface area contributed by atoms with Crippen LogP contribution in [0.4, 0.5) is 0 Å². The molecule has 0 spiro atoms. The maximum absolute atomic E-state index is 6.38. The first kappa shape index (κ1) is 20.8. The molecule has 0 radical (unpaired) electrons. The molecule has 0 amide bonds. The predicted molar refractivity (Wildman–Crippen MR) is 122 cm³/mol. The second-order valence-corrected chi connectivity index (χ2v) is 8.34. The molecule has 156 valence electrons. The van der Waals surface area contributed by atoms with Gasteiger partial charge in [-0.15, -0.1) is 0 Å². The first-order valence-corrected chi connectivity index (χ1v) is 10.9. The molecule has 3 aromatic carbocycles. The van der Waals surface area contributed by atoms with Crippen molar-refractivity contribution < 1.29 is 14.4 Å². The lowest BCUT2D eigenvalue weighted by molar-refractivity contribution is -0.941. The molecule has 0 aromatic heterocycles. The standard InChI is InChI=1S/C26H28ClNO2/c1-4-18-8-10-19(11-9-18)17-28-13-12-20-15-24(29-2)25(30-3)16-23(20)26(28)21-6-5-7-22(27)14-21/h5-11,14-16,26H,4,12-13,17H2,1-3H3/p+1/t26-/m1/s1. The highest BCUT2D eigenvalue weighted by atomic mass is 35.5. The highest BCUT2D eigenvalue weighted by Gasteiger charge is 2.34. The van der Waals surface area contributed by atoms with Crippen LogP contribution in [0.25, 0.3) is 0 Å². The summed E-state index contributed by atoms with van der Waals surface area (Å²) < 4.78 is 11.2. The fourth-order valence-corrected chi connectivity index (χ4v) is 4.73. The molecule has 1 aliphatic heterocycles. The number of rotatable bonds is 6. The van der Waals surface area contributed by atoms with Crippen LogP contribution in [0, 0.1) is 0 Å². The van der Waals surface area contributed by atoms with Gasteiger partial charge in [-0.3, -0.25) is 0 Å². The molecule has 4 heteroatoms. The molecule has 0 bridgehead atoms. The van der Waals surface area contributed by atoms with E-state index in [1.807, 2.05) is 12.1 Å². The number of quaternary nitrogens is 1. The van der Waals surface area contributed by atoms with Gasteiger partial charge in [-0.05, 0) is 41.8 Å². The van der Waals surface area contributed by atoms with Crippen LogP contribution in [-0.4, -0.2) is 20.8 Å². The number of ether oxygens (including phenoxy) is 2. The minimum atomic E-state index is 0.193. The van der Waals surface area contributed by atoms with E-state index in [2.05, 4.69) is 55.5 Å². The number of hydrogen-bond donors (Lipinski definition) is 1. The molecular weight excluding hydrogens is 394 g/mol. The lowest BCUT2D eigenvalue weighted by Crippen LogP contribution is -3.12. The SMILES string of the molecule is CCc1ccc(C[NH+]2CCc3cc(OC)c(OC)cc3[C@H]2c2cccc(Cl)c2)cc1. The summed E-state index contributed by atoms with van der Waals surface area (Å²) in [5.41, 5.74) is 6.58. The van der Waals surface area contributed by atoms with E-state index in [0.717, 1.165) is 42.5 Å². The summed E-state index contributed by atoms with van der Waals surface area (Å²) in [6.07, 6.45) is 2.08. The summed E-state index contributed by atoms with van der Waals surface area (Å²) in [5.74, 6) is 1.57. The summed E-state index contributed by atoms with van der Waals surface area (Å²) >= 11 is 6.38. The van der Waals surface area contributed by atoms with E-state index in [1.54, 1.807) is 14.2 Å². The third kappa shape index (κ3) is 4.19. The van der Waals surface area contributed by atoms with Crippen LogP contribution in [0.1, 0.15) is 40.8 Å². The maximum atomic E-state index is 6.38. The summed E-state index contributed by atoms with van der Waals surface area (Å²) in [4.78, 5) is 1.52. The highest BCUT2D eigenvalue weighted by Crippen LogP contribution is 2.36. The number of benzene rings is 3. The monoisotopic (exact) mass is 422 g/mol. The largest absolute Gasteiger partial charge is 0.493 e. The molecule has 1 aliphatic rings. The van der Waals surface area contributed by atoms with Crippen molar-refractivity contribution in [1.82, 2.24) is 0 Å². The van der Waals surface area contributed by atoms with Crippen LogP contribution in [0.2, 0.25) is 5.02 Å². The van der Waals surface area contributed by atoms with E-state index >= 15 is 0 Å². The molecule has 0 aliphatic carbocycles. The Morgan fingerprint density at radius 1 is 0.933 bits per heavy atom. The Bertz CT molecular complexity index is 1020. The molecule has 1 unspecified atom stereocenters. The summed E-state index contributed by atoms with van der Waals surface area (Å²) in [6, 6.07) is 21.8. The Hall–Kier alpha value is -2.49. The summed E-state index contributed by atoms with van der Waals surface area (Å²) in [6.45, 7) is 4.21. The first-order valence-electron chi connectivity index (χ1n) is 10.6. The zero-order valence-electron chi connectivity index (χ0n) is 17.9. The van der Waals surface area contributed by atoms with Crippen molar-refractivity contribution in [2.24, 2.45) is 0 Å². The average molecular weight is 423 g/mol. The third-order valence-corrected chi connectivity index (χ3v) is 6.36. The zero-order valence-corrected chi connectivity index (χ0v) is 18.6. The van der Waals surface area contributed by atoms with E-state index < -0.39 is 0 Å². The fraction of sp³-hybridized carbons (Fsp3) is 0.308. The van der Waals surface area contributed by atoms with Gasteiger partial charge in [0.15, 0.2) is 11.5 Å². The van der Waals surface area contributed by atoms with Crippen LogP contribution in [-0.2, 0) is 19.4 Å². The minimum Gasteiger partial charge on any atom is -0.493 e. The molecular formula is C26H29ClNO2+. The van der Waals surface area contributed by atoms with Crippen LogP contribution in [0.3, 0.4) is 0 Å². The van der Waals surface area contributed by atoms with E-state index in [-0.39, 0.29) is 6.04 Å². The summed E-state index contributed by atoms with van der Waals surface area (Å²) in [7, 11) is 3.39. The molecule has 30 heavy (non-hydrogen) atoms. The Balaban J connectivity index is 1.76. The van der Waals surface area contributed by atoms with Crippen molar-refractivity contribution in [2.45, 2.75) is 32.4 Å². The molecule has 0 fully saturated rings. The van der Waals surface area contributed by atoms with Crippen LogP contribution >= 0.6 is 11.6 Å². The van der Waals surface area contributed by atoms with Gasteiger partial charge in [0.25, 0.3) is 0 Å². The van der Waals surface area contributed by atoms with Gasteiger partial charge in [-0.25, -0.2) is 0 Å². The van der Waals surface area contributed by atoms with Gasteiger partial charge < -0.3 is 14.4 Å². The van der Waals surface area contributed by atoms with E-state index in [1.165, 1.54) is 32.7 Å². The molecule has 2 atom stereocenters. The second-order valence-electron chi connectivity index (χ2n) is 7.90. The average Bonchev–Trinajstić information content (AvgIpc) is 2.78. The predicted octanol–water partition coefficient (Wildman–Crippen LogP) is 4.65. The number of hydrogen-bond acceptors (Lipinski definition) is 2. The van der Waals surface area contributed by atoms with Crippen molar-refractivity contribution in [3.8, 4) is 11.5 Å². The number of nitrogens with one attached hydrogen (secondary N) is 1. The van der Waals surface area contributed by atoms with Gasteiger partial charge in [0.1, 0.15) is 12.6 Å². The smallest absolute Gasteiger partial charge is 0.161 e. The van der Waals surface area contributed by atoms with Crippen LogP contribution in [0.15, 0.2) is 60.7 Å². The Labute approximate surface area is 184 Å². The van der Waals surface area contributed by atoms with Gasteiger partial charge in [0, 0.05) is 28.1 Å². The molecule has 0 saturated heterocycles. The van der Waals surface area contributed by atoms with Gasteiger partial charge in [0.2, 0.25) is 0 Å². The topological polar surface area (TPSA) is 22.9 Å². The van der Waals surface area contributed by atoms with Crippen molar-refractivity contribution in [3.63, 3.8) is 0 Å². The molecule has 3 nitrogen and oxygen atoms in total. The fourth-order valence-electron chi connectivity index (χ4n) is 4.53. The number of fused-ring (bicyclic) bond motifs is 1. The number of aryl methyl sites for hydroxylation is 1. The van der Waals surface area contributed by atoms with Gasteiger partial charge >= 0.3 is 0 Å². The summed E-state index contributed by atoms with van der Waals surface area (Å²) in [5, 5.41) is 0.770. The van der Waals surface area contributed by atoms with Gasteiger partial charge in [0.05, 0.1) is 20.8 Å². The molecule has 4 rings (SSSR count). The minimum absolute atomic E-state index is 0.193. The van der Waals surface area contributed by atoms with Crippen molar-refractivity contribution in [3.05, 3.63) is 93.5 Å². The van der Waals surface area contributed by atoms with Crippen molar-refractivity contribution >= 4 is 11.6 Å². The quantitative estimate of drug-likeness (QED) is 0.624. The van der Waals surface area contributed by atoms with Crippen molar-refractivity contribution in [2.75, 3.05) is 20.8 Å². The van der Waals surface area contributed by atoms with Gasteiger partial charge in [-0.1, -0.05) is 54.9 Å². The van der Waals surface area contributed by atoms with E-state index in [9.17, 15) is 0 Å². The Morgan fingerprint density at radius 3 is 2.30 bits per heavy atom. The molecule has 3 aromatic rings. The zero-order chi connectivity index (χ0) is 21.1.